The normalized spacial score (nSPS) is 26.0. The van der Waals surface area contributed by atoms with Crippen LogP contribution in [-0.2, 0) is 6.54 Å². The Balaban J connectivity index is 1.43. The molecular formula is C17H25N5. The minimum absolute atomic E-state index is 0.832. The maximum atomic E-state index is 4.46. The van der Waals surface area contributed by atoms with Crippen molar-refractivity contribution in [2.45, 2.75) is 51.1 Å². The second-order valence-electron chi connectivity index (χ2n) is 6.67. The van der Waals surface area contributed by atoms with E-state index in [9.17, 15) is 0 Å². The number of nitrogens with one attached hydrogen (secondary N) is 1. The van der Waals surface area contributed by atoms with Gasteiger partial charge in [0.05, 0.1) is 0 Å². The number of rotatable bonds is 4. The molecule has 0 aliphatic carbocycles. The maximum Gasteiger partial charge on any atom is 0.176 e. The van der Waals surface area contributed by atoms with Gasteiger partial charge in [-0.3, -0.25) is 0 Å². The Bertz CT molecular complexity index is 586. The molecule has 2 saturated heterocycles. The summed E-state index contributed by atoms with van der Waals surface area (Å²) in [7, 11) is 0. The number of hydrogen-bond donors (Lipinski definition) is 1. The van der Waals surface area contributed by atoms with Gasteiger partial charge in [-0.15, -0.1) is 0 Å². The fraction of sp³-hybridized carbons (Fsp3) is 0.647. The van der Waals surface area contributed by atoms with Gasteiger partial charge < -0.3 is 14.5 Å². The number of aromatic amines is 1. The summed E-state index contributed by atoms with van der Waals surface area (Å²) in [6.45, 7) is 3.69. The van der Waals surface area contributed by atoms with Crippen molar-refractivity contribution in [1.82, 2.24) is 24.4 Å². The van der Waals surface area contributed by atoms with Crippen molar-refractivity contribution < 1.29 is 0 Å². The van der Waals surface area contributed by atoms with E-state index < -0.39 is 0 Å². The molecule has 4 rings (SSSR count). The molecule has 0 radical (unpaired) electrons. The summed E-state index contributed by atoms with van der Waals surface area (Å²) in [6.07, 6.45) is 15.8. The second-order valence-corrected chi connectivity index (χ2v) is 6.67. The number of aromatic nitrogens is 4. The van der Waals surface area contributed by atoms with Crippen LogP contribution in [0.4, 0.5) is 0 Å². The van der Waals surface area contributed by atoms with Crippen molar-refractivity contribution in [2.75, 3.05) is 13.1 Å². The van der Waals surface area contributed by atoms with E-state index >= 15 is 0 Å². The van der Waals surface area contributed by atoms with Gasteiger partial charge in [-0.05, 0) is 51.1 Å². The third-order valence-electron chi connectivity index (χ3n) is 5.39. The lowest BCUT2D eigenvalue weighted by Gasteiger charge is -2.44. The Morgan fingerprint density at radius 1 is 1.09 bits per heavy atom. The fourth-order valence-corrected chi connectivity index (χ4v) is 4.31. The van der Waals surface area contributed by atoms with Crippen molar-refractivity contribution in [3.05, 3.63) is 24.8 Å². The SMILES string of the molecule is c1c[nH]c(-c2nccn2CC[C@@H]2CCCN3CCCC[C@H]23)n1. The summed E-state index contributed by atoms with van der Waals surface area (Å²) in [5.41, 5.74) is 0. The summed E-state index contributed by atoms with van der Waals surface area (Å²) in [6, 6.07) is 0.832. The quantitative estimate of drug-likeness (QED) is 0.944. The third-order valence-corrected chi connectivity index (χ3v) is 5.39. The highest BCUT2D eigenvalue weighted by Gasteiger charge is 2.32. The average Bonchev–Trinajstić information content (AvgIpc) is 3.23. The van der Waals surface area contributed by atoms with Crippen molar-refractivity contribution in [2.24, 2.45) is 5.92 Å². The zero-order chi connectivity index (χ0) is 14.8. The molecule has 2 aliphatic heterocycles. The van der Waals surface area contributed by atoms with Crippen LogP contribution in [-0.4, -0.2) is 43.6 Å². The number of piperidine rings is 2. The minimum atomic E-state index is 0.832. The summed E-state index contributed by atoms with van der Waals surface area (Å²) in [5.74, 6) is 2.68. The molecule has 2 aliphatic rings. The van der Waals surface area contributed by atoms with Crippen LogP contribution in [0, 0.1) is 5.92 Å². The van der Waals surface area contributed by atoms with E-state index in [1.807, 2.05) is 12.4 Å². The third kappa shape index (κ3) is 2.70. The Kier molecular flexibility index (Phi) is 3.97. The van der Waals surface area contributed by atoms with Gasteiger partial charge >= 0.3 is 0 Å². The molecule has 22 heavy (non-hydrogen) atoms. The smallest absolute Gasteiger partial charge is 0.176 e. The van der Waals surface area contributed by atoms with E-state index in [1.165, 1.54) is 51.6 Å². The van der Waals surface area contributed by atoms with Crippen LogP contribution >= 0.6 is 0 Å². The first kappa shape index (κ1) is 14.0. The molecule has 0 saturated carbocycles. The molecule has 4 heterocycles. The number of H-pyrrole nitrogens is 1. The summed E-state index contributed by atoms with van der Waals surface area (Å²) < 4.78 is 2.25. The van der Waals surface area contributed by atoms with E-state index in [0.717, 1.165) is 30.2 Å². The van der Waals surface area contributed by atoms with E-state index in [2.05, 4.69) is 30.6 Å². The highest BCUT2D eigenvalue weighted by atomic mass is 15.2. The Labute approximate surface area is 131 Å². The van der Waals surface area contributed by atoms with Crippen molar-refractivity contribution in [1.29, 1.82) is 0 Å². The maximum absolute atomic E-state index is 4.46. The van der Waals surface area contributed by atoms with Gasteiger partial charge in [0, 0.05) is 37.4 Å². The van der Waals surface area contributed by atoms with Crippen LogP contribution in [0.5, 0.6) is 0 Å². The molecule has 5 heteroatoms. The first-order valence-corrected chi connectivity index (χ1v) is 8.67. The summed E-state index contributed by atoms with van der Waals surface area (Å²) in [4.78, 5) is 14.7. The first-order chi connectivity index (χ1) is 10.9. The molecule has 2 atom stereocenters. The van der Waals surface area contributed by atoms with E-state index in [4.69, 9.17) is 0 Å². The lowest BCUT2D eigenvalue weighted by Crippen LogP contribution is -2.48. The highest BCUT2D eigenvalue weighted by Crippen LogP contribution is 2.33. The van der Waals surface area contributed by atoms with Crippen molar-refractivity contribution in [3.8, 4) is 11.6 Å². The van der Waals surface area contributed by atoms with Gasteiger partial charge in [-0.2, -0.15) is 0 Å². The van der Waals surface area contributed by atoms with Crippen LogP contribution in [0.3, 0.4) is 0 Å². The number of nitrogens with zero attached hydrogens (tertiary/aromatic N) is 4. The van der Waals surface area contributed by atoms with Crippen LogP contribution in [0.2, 0.25) is 0 Å². The molecule has 2 fully saturated rings. The number of imidazole rings is 2. The molecule has 2 aromatic heterocycles. The lowest BCUT2D eigenvalue weighted by atomic mass is 9.81. The summed E-state index contributed by atoms with van der Waals surface area (Å²) >= 11 is 0. The van der Waals surface area contributed by atoms with Crippen LogP contribution < -0.4 is 0 Å². The van der Waals surface area contributed by atoms with E-state index in [1.54, 1.807) is 6.20 Å². The Morgan fingerprint density at radius 2 is 2.05 bits per heavy atom. The molecule has 0 unspecified atom stereocenters. The average molecular weight is 299 g/mol. The Morgan fingerprint density at radius 3 is 2.95 bits per heavy atom. The van der Waals surface area contributed by atoms with Crippen LogP contribution in [0.1, 0.15) is 38.5 Å². The predicted molar refractivity (Wildman–Crippen MR) is 86.4 cm³/mol. The monoisotopic (exact) mass is 299 g/mol. The predicted octanol–water partition coefficient (Wildman–Crippen LogP) is 2.93. The largest absolute Gasteiger partial charge is 0.342 e. The van der Waals surface area contributed by atoms with Gasteiger partial charge in [-0.1, -0.05) is 6.42 Å². The molecule has 0 bridgehead atoms. The van der Waals surface area contributed by atoms with Crippen molar-refractivity contribution in [3.63, 3.8) is 0 Å². The highest BCUT2D eigenvalue weighted by molar-refractivity contribution is 5.43. The lowest BCUT2D eigenvalue weighted by molar-refractivity contribution is 0.0539. The summed E-state index contributed by atoms with van der Waals surface area (Å²) in [5, 5.41) is 0. The molecule has 118 valence electrons. The number of aryl methyl sites for hydroxylation is 1. The standard InChI is InChI=1S/C17H25N5/c1-2-10-21-11-3-4-14(15(21)5-1)6-12-22-13-9-20-17(22)16-18-7-8-19-16/h7-9,13-15H,1-6,10-12H2,(H,18,19)/t14-,15+/m0/s1. The number of fused-ring (bicyclic) bond motifs is 1. The molecule has 0 aromatic carbocycles. The van der Waals surface area contributed by atoms with Crippen LogP contribution in [0.15, 0.2) is 24.8 Å². The van der Waals surface area contributed by atoms with E-state index in [0.29, 0.717) is 0 Å². The van der Waals surface area contributed by atoms with E-state index in [-0.39, 0.29) is 0 Å². The Hall–Kier alpha value is -1.62. The second kappa shape index (κ2) is 6.24. The molecule has 2 aromatic rings. The number of hydrogen-bond acceptors (Lipinski definition) is 3. The molecule has 0 spiro atoms. The molecular weight excluding hydrogens is 274 g/mol. The molecule has 0 amide bonds. The van der Waals surface area contributed by atoms with Gasteiger partial charge in [0.25, 0.3) is 0 Å². The zero-order valence-corrected chi connectivity index (χ0v) is 13.1. The molecule has 5 nitrogen and oxygen atoms in total. The van der Waals surface area contributed by atoms with Gasteiger partial charge in [0.15, 0.2) is 11.6 Å². The zero-order valence-electron chi connectivity index (χ0n) is 13.1. The van der Waals surface area contributed by atoms with Crippen LogP contribution in [0.25, 0.3) is 11.6 Å². The molecule has 1 N–H and O–H groups in total. The van der Waals surface area contributed by atoms with Gasteiger partial charge in [0.2, 0.25) is 0 Å². The fourth-order valence-electron chi connectivity index (χ4n) is 4.31. The van der Waals surface area contributed by atoms with Gasteiger partial charge in [-0.25, -0.2) is 9.97 Å². The van der Waals surface area contributed by atoms with Gasteiger partial charge in [0.1, 0.15) is 0 Å². The topological polar surface area (TPSA) is 49.7 Å². The van der Waals surface area contributed by atoms with Crippen molar-refractivity contribution >= 4 is 0 Å². The minimum Gasteiger partial charge on any atom is -0.342 e. The first-order valence-electron chi connectivity index (χ1n) is 8.67.